The Bertz CT molecular complexity index is 846. The van der Waals surface area contributed by atoms with Crippen LogP contribution in [0.2, 0.25) is 0 Å². The average molecular weight is 311 g/mol. The minimum Gasteiger partial charge on any atom is -0.297 e. The van der Waals surface area contributed by atoms with Gasteiger partial charge in [-0.15, -0.1) is 0 Å². The number of hydrogen-bond donors (Lipinski definition) is 0. The van der Waals surface area contributed by atoms with Gasteiger partial charge in [0.2, 0.25) is 0 Å². The van der Waals surface area contributed by atoms with Gasteiger partial charge in [-0.1, -0.05) is 72.7 Å². The second-order valence-electron chi connectivity index (χ2n) is 5.33. The number of anilines is 1. The Labute approximate surface area is 142 Å². The number of amides is 1. The Hall–Kier alpha value is -3.31. The third kappa shape index (κ3) is 4.12. The number of hydrogen-bond acceptors (Lipinski definition) is 1. The lowest BCUT2D eigenvalue weighted by Gasteiger charge is -2.20. The van der Waals surface area contributed by atoms with Crippen molar-refractivity contribution < 1.29 is 4.79 Å². The van der Waals surface area contributed by atoms with E-state index in [1.165, 1.54) is 0 Å². The third-order valence-electron chi connectivity index (χ3n) is 3.58. The van der Waals surface area contributed by atoms with Crippen LogP contribution in [0.4, 0.5) is 5.69 Å². The smallest absolute Gasteiger partial charge is 0.297 e. The first kappa shape index (κ1) is 15.6. The molecule has 0 aromatic heterocycles. The molecule has 0 atom stereocenters. The van der Waals surface area contributed by atoms with Gasteiger partial charge < -0.3 is 0 Å². The first-order valence-corrected chi connectivity index (χ1v) is 7.80. The second-order valence-corrected chi connectivity index (χ2v) is 5.33. The number of benzene rings is 3. The molecule has 0 saturated heterocycles. The molecule has 0 saturated carbocycles. The molecule has 0 bridgehead atoms. The molecule has 0 heterocycles. The summed E-state index contributed by atoms with van der Waals surface area (Å²) < 4.78 is 0. The molecule has 0 aliphatic heterocycles. The van der Waals surface area contributed by atoms with Gasteiger partial charge in [-0.2, -0.15) is 0 Å². The topological polar surface area (TPSA) is 20.3 Å². The summed E-state index contributed by atoms with van der Waals surface area (Å²) in [6.07, 6.45) is 0. The summed E-state index contributed by atoms with van der Waals surface area (Å²) in [4.78, 5) is 14.4. The van der Waals surface area contributed by atoms with Gasteiger partial charge in [0.25, 0.3) is 0 Å². The summed E-state index contributed by atoms with van der Waals surface area (Å²) in [5.41, 5.74) is 2.74. The van der Waals surface area contributed by atoms with Crippen molar-refractivity contribution in [3.63, 3.8) is 0 Å². The van der Waals surface area contributed by atoms with E-state index in [-0.39, 0.29) is 5.91 Å². The van der Waals surface area contributed by atoms with Crippen molar-refractivity contribution in [1.29, 1.82) is 0 Å². The molecule has 0 radical (unpaired) electrons. The standard InChI is InChI=1S/C22H17NO/c24-22(17-16-19-10-4-1-5-11-19)23(21-14-8-3-9-15-21)18-20-12-6-2-7-13-20/h1-15H,18H2. The van der Waals surface area contributed by atoms with Gasteiger partial charge in [0, 0.05) is 17.2 Å². The lowest BCUT2D eigenvalue weighted by molar-refractivity contribution is -0.113. The van der Waals surface area contributed by atoms with Crippen LogP contribution in [0.1, 0.15) is 11.1 Å². The molecule has 3 rings (SSSR count). The third-order valence-corrected chi connectivity index (χ3v) is 3.58. The zero-order chi connectivity index (χ0) is 16.6. The summed E-state index contributed by atoms with van der Waals surface area (Å²) in [6.45, 7) is 0.493. The first-order valence-electron chi connectivity index (χ1n) is 7.80. The highest BCUT2D eigenvalue weighted by Crippen LogP contribution is 2.17. The van der Waals surface area contributed by atoms with Crippen LogP contribution < -0.4 is 4.90 Å². The number of para-hydroxylation sites is 1. The monoisotopic (exact) mass is 311 g/mol. The van der Waals surface area contributed by atoms with Gasteiger partial charge in [-0.3, -0.25) is 9.69 Å². The van der Waals surface area contributed by atoms with Gasteiger partial charge in [0.05, 0.1) is 6.54 Å². The van der Waals surface area contributed by atoms with Crippen LogP contribution in [0.25, 0.3) is 0 Å². The molecule has 0 aliphatic carbocycles. The minimum atomic E-state index is -0.214. The highest BCUT2D eigenvalue weighted by Gasteiger charge is 2.13. The molecule has 24 heavy (non-hydrogen) atoms. The first-order chi connectivity index (χ1) is 11.8. The highest BCUT2D eigenvalue weighted by molar-refractivity contribution is 6.06. The van der Waals surface area contributed by atoms with Gasteiger partial charge in [-0.25, -0.2) is 0 Å². The molecule has 0 fully saturated rings. The van der Waals surface area contributed by atoms with E-state index in [0.717, 1.165) is 16.8 Å². The van der Waals surface area contributed by atoms with Crippen LogP contribution in [-0.4, -0.2) is 5.91 Å². The molecule has 0 aliphatic rings. The number of rotatable bonds is 3. The van der Waals surface area contributed by atoms with E-state index < -0.39 is 0 Å². The van der Waals surface area contributed by atoms with Crippen LogP contribution in [0.5, 0.6) is 0 Å². The van der Waals surface area contributed by atoms with Crippen molar-refractivity contribution in [3.8, 4) is 11.8 Å². The SMILES string of the molecule is O=C(C#Cc1ccccc1)N(Cc1ccccc1)c1ccccc1. The fourth-order valence-electron chi connectivity index (χ4n) is 2.37. The maximum atomic E-state index is 12.7. The Morgan fingerprint density at radius 2 is 1.29 bits per heavy atom. The van der Waals surface area contributed by atoms with E-state index in [1.54, 1.807) is 4.90 Å². The van der Waals surface area contributed by atoms with Crippen molar-refractivity contribution in [3.05, 3.63) is 102 Å². The molecule has 0 spiro atoms. The van der Waals surface area contributed by atoms with Gasteiger partial charge in [-0.05, 0) is 29.8 Å². The van der Waals surface area contributed by atoms with E-state index in [2.05, 4.69) is 11.8 Å². The molecular formula is C22H17NO. The average Bonchev–Trinajstić information content (AvgIpc) is 2.66. The van der Waals surface area contributed by atoms with Crippen LogP contribution >= 0.6 is 0 Å². The summed E-state index contributed by atoms with van der Waals surface area (Å²) in [5.74, 6) is 5.48. The molecule has 3 aromatic rings. The Kier molecular flexibility index (Phi) is 5.07. The van der Waals surface area contributed by atoms with E-state index in [4.69, 9.17) is 0 Å². The molecule has 0 unspecified atom stereocenters. The van der Waals surface area contributed by atoms with Crippen LogP contribution in [-0.2, 0) is 11.3 Å². The Morgan fingerprint density at radius 3 is 1.92 bits per heavy atom. The summed E-state index contributed by atoms with van der Waals surface area (Å²) in [7, 11) is 0. The van der Waals surface area contributed by atoms with E-state index in [1.807, 2.05) is 91.0 Å². The van der Waals surface area contributed by atoms with Crippen molar-refractivity contribution in [2.75, 3.05) is 4.90 Å². The van der Waals surface area contributed by atoms with E-state index in [9.17, 15) is 4.79 Å². The molecule has 2 heteroatoms. The minimum absolute atomic E-state index is 0.214. The molecule has 3 aromatic carbocycles. The lowest BCUT2D eigenvalue weighted by atomic mass is 10.2. The van der Waals surface area contributed by atoms with E-state index in [0.29, 0.717) is 6.54 Å². The molecule has 2 nitrogen and oxygen atoms in total. The summed E-state index contributed by atoms with van der Waals surface area (Å²) in [6, 6.07) is 29.1. The fraction of sp³-hybridized carbons (Fsp3) is 0.0455. The normalized spacial score (nSPS) is 9.67. The summed E-state index contributed by atoms with van der Waals surface area (Å²) in [5, 5.41) is 0. The van der Waals surface area contributed by atoms with Gasteiger partial charge >= 0.3 is 5.91 Å². The number of carbonyl (C=O) groups excluding carboxylic acids is 1. The maximum absolute atomic E-state index is 12.7. The molecule has 1 amide bonds. The van der Waals surface area contributed by atoms with Crippen LogP contribution in [0.3, 0.4) is 0 Å². The second kappa shape index (κ2) is 7.80. The zero-order valence-corrected chi connectivity index (χ0v) is 13.2. The van der Waals surface area contributed by atoms with Crippen molar-refractivity contribution in [2.24, 2.45) is 0 Å². The number of nitrogens with zero attached hydrogens (tertiary/aromatic N) is 1. The maximum Gasteiger partial charge on any atom is 0.303 e. The zero-order valence-electron chi connectivity index (χ0n) is 13.2. The Morgan fingerprint density at radius 1 is 0.750 bits per heavy atom. The van der Waals surface area contributed by atoms with Gasteiger partial charge in [0.15, 0.2) is 0 Å². The van der Waals surface area contributed by atoms with E-state index >= 15 is 0 Å². The highest BCUT2D eigenvalue weighted by atomic mass is 16.2. The predicted octanol–water partition coefficient (Wildman–Crippen LogP) is 4.27. The largest absolute Gasteiger partial charge is 0.303 e. The quantitative estimate of drug-likeness (QED) is 0.661. The number of carbonyl (C=O) groups is 1. The lowest BCUT2D eigenvalue weighted by Crippen LogP contribution is -2.29. The van der Waals surface area contributed by atoms with Crippen molar-refractivity contribution >= 4 is 11.6 Å². The summed E-state index contributed by atoms with van der Waals surface area (Å²) >= 11 is 0. The predicted molar refractivity (Wildman–Crippen MR) is 97.4 cm³/mol. The van der Waals surface area contributed by atoms with Crippen LogP contribution in [0, 0.1) is 11.8 Å². The van der Waals surface area contributed by atoms with Gasteiger partial charge in [0.1, 0.15) is 0 Å². The van der Waals surface area contributed by atoms with Crippen LogP contribution in [0.15, 0.2) is 91.0 Å². The molecule has 116 valence electrons. The van der Waals surface area contributed by atoms with Crippen molar-refractivity contribution in [1.82, 2.24) is 0 Å². The Balaban J connectivity index is 1.87. The van der Waals surface area contributed by atoms with Crippen molar-refractivity contribution in [2.45, 2.75) is 6.54 Å². The molecule has 0 N–H and O–H groups in total. The molecular weight excluding hydrogens is 294 g/mol. The fourth-order valence-corrected chi connectivity index (χ4v) is 2.37.